The van der Waals surface area contributed by atoms with E-state index >= 15 is 0 Å². The summed E-state index contributed by atoms with van der Waals surface area (Å²) in [6, 6.07) is 0.275. The van der Waals surface area contributed by atoms with E-state index in [4.69, 9.17) is 5.73 Å². The minimum absolute atomic E-state index is 0.00486. The molecule has 0 aromatic heterocycles. The molecular weight excluding hydrogens is 285 g/mol. The van der Waals surface area contributed by atoms with Gasteiger partial charge in [-0.15, -0.1) is 0 Å². The van der Waals surface area contributed by atoms with E-state index in [2.05, 4.69) is 0 Å². The average Bonchev–Trinajstić information content (AvgIpc) is 2.72. The van der Waals surface area contributed by atoms with Crippen molar-refractivity contribution in [2.24, 2.45) is 5.73 Å². The number of hydrogen-bond acceptors (Lipinski definition) is 3. The van der Waals surface area contributed by atoms with Gasteiger partial charge in [-0.05, 0) is 31.7 Å². The van der Waals surface area contributed by atoms with Crippen molar-refractivity contribution in [1.82, 2.24) is 4.90 Å². The van der Waals surface area contributed by atoms with Crippen molar-refractivity contribution in [1.29, 1.82) is 0 Å². The fourth-order valence-electron chi connectivity index (χ4n) is 3.44. The second kappa shape index (κ2) is 4.91. The molecular formula is C14H15F3N2O2. The van der Waals surface area contributed by atoms with E-state index in [9.17, 15) is 23.1 Å². The van der Waals surface area contributed by atoms with Crippen molar-refractivity contribution in [3.05, 3.63) is 29.1 Å². The van der Waals surface area contributed by atoms with Crippen LogP contribution in [0, 0.1) is 17.5 Å². The quantitative estimate of drug-likeness (QED) is 0.779. The van der Waals surface area contributed by atoms with Crippen molar-refractivity contribution >= 4 is 5.91 Å². The number of phenolic OH excluding ortho intramolecular Hbond substituents is 1. The molecule has 3 rings (SSSR count). The third-order valence-corrected chi connectivity index (χ3v) is 4.37. The molecule has 2 aliphatic rings. The second-order valence-electron chi connectivity index (χ2n) is 5.71. The standard InChI is InChI=1S/C14H15F3N2O2/c15-10-5-9(11(16)13(20)12(10)17)14(21)19-7-1-2-8(19)4-6(18)3-7/h5-8,20H,1-4,18H2. The van der Waals surface area contributed by atoms with Gasteiger partial charge in [0, 0.05) is 18.1 Å². The number of carbonyl (C=O) groups is 1. The van der Waals surface area contributed by atoms with Gasteiger partial charge in [0.15, 0.2) is 17.4 Å². The monoisotopic (exact) mass is 300 g/mol. The molecule has 3 N–H and O–H groups in total. The number of carbonyl (C=O) groups excluding carboxylic acids is 1. The van der Waals surface area contributed by atoms with E-state index in [1.165, 1.54) is 4.90 Å². The van der Waals surface area contributed by atoms with Crippen LogP contribution in [-0.4, -0.2) is 34.0 Å². The molecule has 0 aliphatic carbocycles. The SMILES string of the molecule is NC1CC2CCC(C1)N2C(=O)c1cc(F)c(F)c(O)c1F. The van der Waals surface area contributed by atoms with Crippen LogP contribution in [0.4, 0.5) is 13.2 Å². The third-order valence-electron chi connectivity index (χ3n) is 4.37. The molecule has 4 nitrogen and oxygen atoms in total. The molecule has 7 heteroatoms. The number of amides is 1. The van der Waals surface area contributed by atoms with E-state index in [1.807, 2.05) is 0 Å². The van der Waals surface area contributed by atoms with Gasteiger partial charge in [0.25, 0.3) is 5.91 Å². The zero-order valence-electron chi connectivity index (χ0n) is 11.2. The maximum atomic E-state index is 13.9. The zero-order valence-corrected chi connectivity index (χ0v) is 11.2. The number of halogens is 3. The lowest BCUT2D eigenvalue weighted by Gasteiger charge is -2.37. The van der Waals surface area contributed by atoms with Crippen LogP contribution >= 0.6 is 0 Å². The number of nitrogens with zero attached hydrogens (tertiary/aromatic N) is 1. The summed E-state index contributed by atoms with van der Waals surface area (Å²) in [5, 5.41) is 9.22. The number of nitrogens with two attached hydrogens (primary N) is 1. The average molecular weight is 300 g/mol. The smallest absolute Gasteiger partial charge is 0.257 e. The maximum Gasteiger partial charge on any atom is 0.257 e. The fourth-order valence-corrected chi connectivity index (χ4v) is 3.44. The summed E-state index contributed by atoms with van der Waals surface area (Å²) >= 11 is 0. The van der Waals surface area contributed by atoms with E-state index in [1.54, 1.807) is 0 Å². The van der Waals surface area contributed by atoms with E-state index in [0.29, 0.717) is 18.9 Å². The number of rotatable bonds is 1. The normalized spacial score (nSPS) is 28.0. The van der Waals surface area contributed by atoms with Gasteiger partial charge in [-0.2, -0.15) is 4.39 Å². The van der Waals surface area contributed by atoms with Crippen LogP contribution in [0.5, 0.6) is 5.75 Å². The molecule has 2 atom stereocenters. The van der Waals surface area contributed by atoms with Gasteiger partial charge in [-0.3, -0.25) is 4.79 Å². The highest BCUT2D eigenvalue weighted by atomic mass is 19.2. The molecule has 0 radical (unpaired) electrons. The number of fused-ring (bicyclic) bond motifs is 2. The first-order valence-corrected chi connectivity index (χ1v) is 6.84. The Morgan fingerprint density at radius 3 is 2.33 bits per heavy atom. The van der Waals surface area contributed by atoms with Gasteiger partial charge in [0.1, 0.15) is 0 Å². The second-order valence-corrected chi connectivity index (χ2v) is 5.71. The minimum atomic E-state index is -1.69. The summed E-state index contributed by atoms with van der Waals surface area (Å²) in [7, 11) is 0. The van der Waals surface area contributed by atoms with Crippen LogP contribution in [0.2, 0.25) is 0 Å². The van der Waals surface area contributed by atoms with Crippen molar-refractivity contribution in [2.45, 2.75) is 43.8 Å². The van der Waals surface area contributed by atoms with Gasteiger partial charge < -0.3 is 15.7 Å². The van der Waals surface area contributed by atoms with E-state index in [-0.39, 0.29) is 18.1 Å². The Morgan fingerprint density at radius 2 is 1.76 bits per heavy atom. The molecule has 0 saturated carbocycles. The van der Waals surface area contributed by atoms with Gasteiger partial charge in [0.05, 0.1) is 5.56 Å². The highest BCUT2D eigenvalue weighted by Gasteiger charge is 2.43. The summed E-state index contributed by atoms with van der Waals surface area (Å²) in [6.07, 6.45) is 2.75. The molecule has 2 fully saturated rings. The molecule has 0 spiro atoms. The van der Waals surface area contributed by atoms with Crippen LogP contribution in [0.1, 0.15) is 36.0 Å². The lowest BCUT2D eigenvalue weighted by molar-refractivity contribution is 0.0568. The Hall–Kier alpha value is -1.76. The first kappa shape index (κ1) is 14.2. The molecule has 2 unspecified atom stereocenters. The summed E-state index contributed by atoms with van der Waals surface area (Å²) in [4.78, 5) is 13.9. The third kappa shape index (κ3) is 2.16. The molecule has 2 saturated heterocycles. The number of benzene rings is 1. The zero-order chi connectivity index (χ0) is 15.3. The Labute approximate surface area is 119 Å². The molecule has 21 heavy (non-hydrogen) atoms. The molecule has 1 aromatic rings. The number of phenols is 1. The molecule has 1 amide bonds. The van der Waals surface area contributed by atoms with E-state index in [0.717, 1.165) is 12.8 Å². The first-order chi connectivity index (χ1) is 9.90. The molecule has 1 aromatic carbocycles. The highest BCUT2D eigenvalue weighted by molar-refractivity contribution is 5.95. The molecule has 2 heterocycles. The van der Waals surface area contributed by atoms with Gasteiger partial charge in [0.2, 0.25) is 5.82 Å². The molecule has 114 valence electrons. The summed E-state index contributed by atoms with van der Waals surface area (Å²) in [5.41, 5.74) is 5.25. The maximum absolute atomic E-state index is 13.9. The number of aromatic hydroxyl groups is 1. The van der Waals surface area contributed by atoms with Crippen LogP contribution < -0.4 is 5.73 Å². The number of piperidine rings is 1. The summed E-state index contributed by atoms with van der Waals surface area (Å²) in [5.74, 6) is -6.74. The van der Waals surface area contributed by atoms with Gasteiger partial charge >= 0.3 is 0 Å². The Bertz CT molecular complexity index is 594. The van der Waals surface area contributed by atoms with Gasteiger partial charge in [-0.25, -0.2) is 8.78 Å². The van der Waals surface area contributed by atoms with Crippen molar-refractivity contribution in [3.63, 3.8) is 0 Å². The van der Waals surface area contributed by atoms with Crippen molar-refractivity contribution < 1.29 is 23.1 Å². The molecule has 2 bridgehead atoms. The minimum Gasteiger partial charge on any atom is -0.503 e. The van der Waals surface area contributed by atoms with Crippen LogP contribution in [0.15, 0.2) is 6.07 Å². The van der Waals surface area contributed by atoms with Crippen molar-refractivity contribution in [2.75, 3.05) is 0 Å². The summed E-state index contributed by atoms with van der Waals surface area (Å²) < 4.78 is 40.3. The molecule has 2 aliphatic heterocycles. The predicted molar refractivity (Wildman–Crippen MR) is 68.2 cm³/mol. The Balaban J connectivity index is 1.97. The van der Waals surface area contributed by atoms with Gasteiger partial charge in [-0.1, -0.05) is 0 Å². The Morgan fingerprint density at radius 1 is 1.19 bits per heavy atom. The van der Waals surface area contributed by atoms with Crippen molar-refractivity contribution in [3.8, 4) is 5.75 Å². The fraction of sp³-hybridized carbons (Fsp3) is 0.500. The summed E-state index contributed by atoms with van der Waals surface area (Å²) in [6.45, 7) is 0. The lowest BCUT2D eigenvalue weighted by atomic mass is 9.97. The Kier molecular flexibility index (Phi) is 3.32. The first-order valence-electron chi connectivity index (χ1n) is 6.84. The largest absolute Gasteiger partial charge is 0.503 e. The van der Waals surface area contributed by atoms with E-state index < -0.39 is 34.7 Å². The lowest BCUT2D eigenvalue weighted by Crippen LogP contribution is -2.50. The number of hydrogen-bond donors (Lipinski definition) is 2. The highest BCUT2D eigenvalue weighted by Crippen LogP contribution is 2.37. The topological polar surface area (TPSA) is 66.6 Å². The predicted octanol–water partition coefficient (Wildman–Crippen LogP) is 1.90. The van der Waals surface area contributed by atoms with Crippen LogP contribution in [-0.2, 0) is 0 Å². The van der Waals surface area contributed by atoms with Crippen LogP contribution in [0.3, 0.4) is 0 Å². The van der Waals surface area contributed by atoms with Crippen LogP contribution in [0.25, 0.3) is 0 Å².